The predicted molar refractivity (Wildman–Crippen MR) is 110 cm³/mol. The van der Waals surface area contributed by atoms with Gasteiger partial charge in [-0.05, 0) is 46.3 Å². The summed E-state index contributed by atoms with van der Waals surface area (Å²) in [4.78, 5) is 29.2. The highest BCUT2D eigenvalue weighted by Crippen LogP contribution is 2.24. The van der Waals surface area contributed by atoms with E-state index in [1.54, 1.807) is 42.6 Å². The van der Waals surface area contributed by atoms with Gasteiger partial charge in [0.15, 0.2) is 5.82 Å². The number of carbonyl (C=O) groups is 2. The lowest BCUT2D eigenvalue weighted by molar-refractivity contribution is 0.0964. The zero-order valence-corrected chi connectivity index (χ0v) is 17.8. The predicted octanol–water partition coefficient (Wildman–Crippen LogP) is 4.06. The fraction of sp³-hybridized carbons (Fsp3) is 0.0588. The van der Waals surface area contributed by atoms with Crippen molar-refractivity contribution in [2.24, 2.45) is 0 Å². The normalized spacial score (nSPS) is 10.5. The molecule has 2 aromatic heterocycles. The molecule has 0 atom stereocenters. The second kappa shape index (κ2) is 8.20. The highest BCUT2D eigenvalue weighted by atomic mass is 79.9. The van der Waals surface area contributed by atoms with Crippen molar-refractivity contribution >= 4 is 61.0 Å². The molecule has 0 radical (unpaired) electrons. The lowest BCUT2D eigenvalue weighted by Crippen LogP contribution is -2.23. The number of hydrogen-bond acceptors (Lipinski definition) is 4. The topological polar surface area (TPSA) is 88.9 Å². The van der Waals surface area contributed by atoms with Crippen LogP contribution in [0, 0.1) is 0 Å². The molecule has 2 amide bonds. The third kappa shape index (κ3) is 4.20. The SMILES string of the molecule is CNC(=O)c1cc(Br)ccc1NC(=O)c1cc(Br)nn1-c1ncccc1Cl. The minimum absolute atomic E-state index is 0.202. The maximum absolute atomic E-state index is 12.9. The lowest BCUT2D eigenvalue weighted by Gasteiger charge is -2.12. The Labute approximate surface area is 176 Å². The van der Waals surface area contributed by atoms with Gasteiger partial charge in [-0.3, -0.25) is 9.59 Å². The highest BCUT2D eigenvalue weighted by Gasteiger charge is 2.20. The summed E-state index contributed by atoms with van der Waals surface area (Å²) in [5.74, 6) is -0.478. The van der Waals surface area contributed by atoms with Crippen LogP contribution in [0.3, 0.4) is 0 Å². The van der Waals surface area contributed by atoms with Crippen molar-refractivity contribution in [2.45, 2.75) is 0 Å². The minimum atomic E-state index is -0.470. The number of hydrogen-bond donors (Lipinski definition) is 2. The van der Waals surface area contributed by atoms with Crippen LogP contribution in [0.5, 0.6) is 0 Å². The van der Waals surface area contributed by atoms with Crippen LogP contribution in [-0.2, 0) is 0 Å². The molecule has 0 saturated carbocycles. The zero-order chi connectivity index (χ0) is 19.6. The average Bonchev–Trinajstić information content (AvgIpc) is 3.04. The first kappa shape index (κ1) is 19.5. The molecule has 0 aliphatic heterocycles. The quantitative estimate of drug-likeness (QED) is 0.551. The second-order valence-electron chi connectivity index (χ2n) is 5.30. The standard InChI is InChI=1S/C17H12Br2ClN5O2/c1-21-16(26)10-7-9(18)4-5-12(10)23-17(27)13-8-14(19)24-25(13)15-11(20)3-2-6-22-15/h2-8H,1H3,(H,21,26)(H,23,27). The summed E-state index contributed by atoms with van der Waals surface area (Å²) in [6.07, 6.45) is 1.55. The Morgan fingerprint density at radius 1 is 1.15 bits per heavy atom. The van der Waals surface area contributed by atoms with Gasteiger partial charge in [-0.1, -0.05) is 27.5 Å². The number of nitrogens with zero attached hydrogens (tertiary/aromatic N) is 3. The van der Waals surface area contributed by atoms with E-state index < -0.39 is 5.91 Å². The molecule has 3 rings (SSSR count). The van der Waals surface area contributed by atoms with Crippen molar-refractivity contribution in [2.75, 3.05) is 12.4 Å². The van der Waals surface area contributed by atoms with E-state index in [0.29, 0.717) is 31.2 Å². The van der Waals surface area contributed by atoms with Crippen LogP contribution in [0.15, 0.2) is 51.7 Å². The molecule has 27 heavy (non-hydrogen) atoms. The molecule has 3 aromatic rings. The van der Waals surface area contributed by atoms with Crippen molar-refractivity contribution in [3.05, 3.63) is 68.0 Å². The van der Waals surface area contributed by atoms with Gasteiger partial charge in [0.05, 0.1) is 16.3 Å². The fourth-order valence-electron chi connectivity index (χ4n) is 2.34. The van der Waals surface area contributed by atoms with Gasteiger partial charge in [0.1, 0.15) is 10.3 Å². The molecule has 10 heteroatoms. The molecule has 7 nitrogen and oxygen atoms in total. The first-order valence-corrected chi connectivity index (χ1v) is 9.56. The summed E-state index contributed by atoms with van der Waals surface area (Å²) in [5.41, 5.74) is 0.882. The Hall–Kier alpha value is -2.23. The summed E-state index contributed by atoms with van der Waals surface area (Å²) < 4.78 is 2.49. The van der Waals surface area contributed by atoms with Gasteiger partial charge < -0.3 is 10.6 Å². The number of rotatable bonds is 4. The summed E-state index contributed by atoms with van der Waals surface area (Å²) in [5, 5.41) is 9.86. The van der Waals surface area contributed by atoms with Crippen LogP contribution in [0.25, 0.3) is 5.82 Å². The molecule has 0 bridgehead atoms. The van der Waals surface area contributed by atoms with Crippen molar-refractivity contribution in [1.82, 2.24) is 20.1 Å². The monoisotopic (exact) mass is 511 g/mol. The molecular weight excluding hydrogens is 501 g/mol. The molecule has 138 valence electrons. The van der Waals surface area contributed by atoms with Crippen LogP contribution in [0.4, 0.5) is 5.69 Å². The Morgan fingerprint density at radius 2 is 1.93 bits per heavy atom. The number of nitrogens with one attached hydrogen (secondary N) is 2. The third-order valence-electron chi connectivity index (χ3n) is 3.55. The summed E-state index contributed by atoms with van der Waals surface area (Å²) in [7, 11) is 1.52. The Bertz CT molecular complexity index is 1040. The maximum atomic E-state index is 12.9. The lowest BCUT2D eigenvalue weighted by atomic mass is 10.1. The molecule has 0 spiro atoms. The van der Waals surface area contributed by atoms with Gasteiger partial charge in [0.25, 0.3) is 11.8 Å². The number of benzene rings is 1. The van der Waals surface area contributed by atoms with E-state index in [2.05, 4.69) is 52.6 Å². The number of anilines is 1. The molecule has 0 unspecified atom stereocenters. The van der Waals surface area contributed by atoms with E-state index in [-0.39, 0.29) is 11.6 Å². The summed E-state index contributed by atoms with van der Waals surface area (Å²) in [6.45, 7) is 0. The smallest absolute Gasteiger partial charge is 0.274 e. The van der Waals surface area contributed by atoms with Gasteiger partial charge in [-0.2, -0.15) is 5.10 Å². The molecule has 2 heterocycles. The van der Waals surface area contributed by atoms with Gasteiger partial charge in [-0.25, -0.2) is 9.67 Å². The molecule has 1 aromatic carbocycles. The number of pyridine rings is 1. The summed E-state index contributed by atoms with van der Waals surface area (Å²) >= 11 is 12.8. The minimum Gasteiger partial charge on any atom is -0.355 e. The molecule has 0 fully saturated rings. The van der Waals surface area contributed by atoms with E-state index in [9.17, 15) is 9.59 Å². The van der Waals surface area contributed by atoms with Crippen LogP contribution in [0.2, 0.25) is 5.02 Å². The third-order valence-corrected chi connectivity index (χ3v) is 4.73. The van der Waals surface area contributed by atoms with E-state index in [1.807, 2.05) is 0 Å². The fourth-order valence-corrected chi connectivity index (χ4v) is 3.28. The Balaban J connectivity index is 2.00. The van der Waals surface area contributed by atoms with Gasteiger partial charge in [-0.15, -0.1) is 0 Å². The Kier molecular flexibility index (Phi) is 5.93. The maximum Gasteiger partial charge on any atom is 0.274 e. The van der Waals surface area contributed by atoms with Crippen molar-refractivity contribution < 1.29 is 9.59 Å². The van der Waals surface area contributed by atoms with Crippen molar-refractivity contribution in [3.8, 4) is 5.82 Å². The van der Waals surface area contributed by atoms with Crippen LogP contribution in [0.1, 0.15) is 20.8 Å². The number of amides is 2. The first-order valence-electron chi connectivity index (χ1n) is 7.60. The average molecular weight is 514 g/mol. The molecule has 0 saturated heterocycles. The zero-order valence-electron chi connectivity index (χ0n) is 13.8. The molecule has 0 aliphatic carbocycles. The van der Waals surface area contributed by atoms with E-state index in [4.69, 9.17) is 11.6 Å². The number of halogens is 3. The second-order valence-corrected chi connectivity index (χ2v) is 7.43. The van der Waals surface area contributed by atoms with E-state index >= 15 is 0 Å². The largest absolute Gasteiger partial charge is 0.355 e. The van der Waals surface area contributed by atoms with Crippen molar-refractivity contribution in [1.29, 1.82) is 0 Å². The molecular formula is C17H12Br2ClN5O2. The Morgan fingerprint density at radius 3 is 2.63 bits per heavy atom. The van der Waals surface area contributed by atoms with Crippen LogP contribution in [-0.4, -0.2) is 33.6 Å². The van der Waals surface area contributed by atoms with Crippen LogP contribution >= 0.6 is 43.5 Å². The van der Waals surface area contributed by atoms with Crippen LogP contribution < -0.4 is 10.6 Å². The molecule has 0 aliphatic rings. The van der Waals surface area contributed by atoms with E-state index in [1.165, 1.54) is 11.7 Å². The van der Waals surface area contributed by atoms with Gasteiger partial charge >= 0.3 is 0 Å². The van der Waals surface area contributed by atoms with Gasteiger partial charge in [0, 0.05) is 23.8 Å². The van der Waals surface area contributed by atoms with Crippen molar-refractivity contribution in [3.63, 3.8) is 0 Å². The van der Waals surface area contributed by atoms with E-state index in [0.717, 1.165) is 0 Å². The summed E-state index contributed by atoms with van der Waals surface area (Å²) in [6, 6.07) is 9.86. The van der Waals surface area contributed by atoms with Gasteiger partial charge in [0.2, 0.25) is 0 Å². The number of aromatic nitrogens is 3. The molecule has 2 N–H and O–H groups in total. The highest BCUT2D eigenvalue weighted by molar-refractivity contribution is 9.10. The number of carbonyl (C=O) groups excluding carboxylic acids is 2. The first-order chi connectivity index (χ1) is 12.9.